The lowest BCUT2D eigenvalue weighted by atomic mass is 9.80. The lowest BCUT2D eigenvalue weighted by Gasteiger charge is -2.36. The number of hydrogen-bond donors (Lipinski definition) is 2. The zero-order valence-electron chi connectivity index (χ0n) is 13.1. The van der Waals surface area contributed by atoms with Crippen LogP contribution in [0.5, 0.6) is 0 Å². The number of carbonyl (C=O) groups is 2. The van der Waals surface area contributed by atoms with Gasteiger partial charge in [0.2, 0.25) is 0 Å². The molecule has 0 spiro atoms. The lowest BCUT2D eigenvalue weighted by Crippen LogP contribution is -2.53. The maximum atomic E-state index is 12.3. The molecule has 0 aromatic carbocycles. The van der Waals surface area contributed by atoms with Crippen LogP contribution in [0.15, 0.2) is 6.20 Å². The molecule has 2 heterocycles. The van der Waals surface area contributed by atoms with Crippen molar-refractivity contribution in [3.63, 3.8) is 0 Å². The van der Waals surface area contributed by atoms with Crippen LogP contribution in [0.25, 0.3) is 0 Å². The molecule has 23 heavy (non-hydrogen) atoms. The smallest absolute Gasteiger partial charge is 0.317 e. The first-order chi connectivity index (χ1) is 11.0. The first-order valence-electron chi connectivity index (χ1n) is 8.21. The zero-order chi connectivity index (χ0) is 16.2. The fraction of sp³-hybridized carbons (Fsp3) is 0.688. The first kappa shape index (κ1) is 14.9. The summed E-state index contributed by atoms with van der Waals surface area (Å²) in [6.07, 6.45) is 5.13. The second-order valence-electron chi connectivity index (χ2n) is 7.10. The number of carboxylic acids is 1. The predicted molar refractivity (Wildman–Crippen MR) is 85.5 cm³/mol. The average molecular weight is 335 g/mol. The molecule has 3 fully saturated rings. The number of likely N-dealkylation sites (tertiary alicyclic amines) is 1. The van der Waals surface area contributed by atoms with E-state index in [0.717, 1.165) is 32.4 Å². The molecule has 4 rings (SSSR count). The number of hydrogen-bond acceptors (Lipinski definition) is 4. The molecular weight excluding hydrogens is 314 g/mol. The Morgan fingerprint density at radius 3 is 2.65 bits per heavy atom. The molecule has 1 aliphatic heterocycles. The number of rotatable bonds is 3. The van der Waals surface area contributed by atoms with Crippen LogP contribution in [0.4, 0.5) is 4.79 Å². The summed E-state index contributed by atoms with van der Waals surface area (Å²) in [6, 6.07) is 0.0209. The van der Waals surface area contributed by atoms with E-state index in [1.54, 1.807) is 11.3 Å². The minimum absolute atomic E-state index is 0.0327. The molecule has 1 aromatic rings. The molecule has 1 saturated heterocycles. The van der Waals surface area contributed by atoms with Gasteiger partial charge < -0.3 is 15.3 Å². The van der Waals surface area contributed by atoms with Crippen molar-refractivity contribution in [1.82, 2.24) is 15.2 Å². The average Bonchev–Trinajstić information content (AvgIpc) is 2.91. The van der Waals surface area contributed by atoms with Gasteiger partial charge in [-0.1, -0.05) is 0 Å². The van der Waals surface area contributed by atoms with E-state index in [1.807, 2.05) is 11.1 Å². The van der Waals surface area contributed by atoms with Gasteiger partial charge in [0, 0.05) is 36.1 Å². The summed E-state index contributed by atoms with van der Waals surface area (Å²) in [7, 11) is 0. The lowest BCUT2D eigenvalue weighted by molar-refractivity contribution is -0.147. The fourth-order valence-electron chi connectivity index (χ4n) is 4.09. The normalized spacial score (nSPS) is 32.8. The number of piperidine rings is 1. The molecule has 3 aliphatic rings. The van der Waals surface area contributed by atoms with Gasteiger partial charge in [0.15, 0.2) is 0 Å². The summed E-state index contributed by atoms with van der Waals surface area (Å²) >= 11 is 1.75. The Kier molecular flexibility index (Phi) is 3.37. The molecule has 3 atom stereocenters. The van der Waals surface area contributed by atoms with E-state index in [0.29, 0.717) is 12.3 Å². The van der Waals surface area contributed by atoms with Crippen LogP contribution in [0.3, 0.4) is 0 Å². The minimum atomic E-state index is -0.701. The SMILES string of the molecule is Cc1cnc(C2CCN(C(=O)N[C@@H]3C[C@]4(C(=O)O)C[C@H]34)CC2)s1. The third-order valence-corrected chi connectivity index (χ3v) is 6.78. The number of carbonyl (C=O) groups excluding carboxylic acids is 1. The Balaban J connectivity index is 1.26. The highest BCUT2D eigenvalue weighted by atomic mass is 32.1. The number of urea groups is 1. The Bertz CT molecular complexity index is 653. The topological polar surface area (TPSA) is 82.5 Å². The highest BCUT2D eigenvalue weighted by molar-refractivity contribution is 7.11. The van der Waals surface area contributed by atoms with Crippen molar-refractivity contribution in [3.8, 4) is 0 Å². The van der Waals surface area contributed by atoms with Gasteiger partial charge in [0.25, 0.3) is 0 Å². The quantitative estimate of drug-likeness (QED) is 0.887. The largest absolute Gasteiger partial charge is 0.481 e. The molecule has 2 saturated carbocycles. The molecule has 2 N–H and O–H groups in total. The summed E-state index contributed by atoms with van der Waals surface area (Å²) in [4.78, 5) is 31.0. The number of aryl methyl sites for hydroxylation is 1. The van der Waals surface area contributed by atoms with Crippen LogP contribution in [0, 0.1) is 18.3 Å². The zero-order valence-corrected chi connectivity index (χ0v) is 13.9. The summed E-state index contributed by atoms with van der Waals surface area (Å²) in [6.45, 7) is 3.56. The Hall–Kier alpha value is -1.63. The van der Waals surface area contributed by atoms with Crippen molar-refractivity contribution < 1.29 is 14.7 Å². The second kappa shape index (κ2) is 5.19. The van der Waals surface area contributed by atoms with Crippen molar-refractivity contribution in [2.24, 2.45) is 11.3 Å². The number of nitrogens with zero attached hydrogens (tertiary/aromatic N) is 2. The van der Waals surface area contributed by atoms with E-state index >= 15 is 0 Å². The van der Waals surface area contributed by atoms with Crippen LogP contribution in [0.2, 0.25) is 0 Å². The number of aromatic nitrogens is 1. The molecule has 6 nitrogen and oxygen atoms in total. The maximum absolute atomic E-state index is 12.3. The summed E-state index contributed by atoms with van der Waals surface area (Å²) < 4.78 is 0. The standard InChI is InChI=1S/C16H21N3O3S/c1-9-8-17-13(23-9)10-2-4-19(5-3-10)15(22)18-12-7-16(14(20)21)6-11(12)16/h8,10-12H,2-7H2,1H3,(H,18,22)(H,20,21)/t11-,12-,16-/m1/s1. The van der Waals surface area contributed by atoms with Crippen molar-refractivity contribution in [3.05, 3.63) is 16.1 Å². The van der Waals surface area contributed by atoms with Crippen molar-refractivity contribution in [2.75, 3.05) is 13.1 Å². The highest BCUT2D eigenvalue weighted by Gasteiger charge is 2.72. The van der Waals surface area contributed by atoms with Gasteiger partial charge in [0.05, 0.1) is 10.4 Å². The summed E-state index contributed by atoms with van der Waals surface area (Å²) in [5.74, 6) is -0.0862. The molecule has 0 bridgehead atoms. The second-order valence-corrected chi connectivity index (χ2v) is 8.37. The molecule has 124 valence electrons. The summed E-state index contributed by atoms with van der Waals surface area (Å²) in [5.41, 5.74) is -0.506. The van der Waals surface area contributed by atoms with E-state index in [9.17, 15) is 9.59 Å². The monoisotopic (exact) mass is 335 g/mol. The van der Waals surface area contributed by atoms with Crippen LogP contribution >= 0.6 is 11.3 Å². The molecule has 0 radical (unpaired) electrons. The molecular formula is C16H21N3O3S. The fourth-order valence-corrected chi connectivity index (χ4v) is 5.04. The van der Waals surface area contributed by atoms with Gasteiger partial charge in [-0.15, -0.1) is 11.3 Å². The molecule has 7 heteroatoms. The van der Waals surface area contributed by atoms with Crippen molar-refractivity contribution >= 4 is 23.3 Å². The molecule has 0 unspecified atom stereocenters. The van der Waals surface area contributed by atoms with Crippen LogP contribution in [-0.2, 0) is 4.79 Å². The van der Waals surface area contributed by atoms with Gasteiger partial charge in [-0.2, -0.15) is 0 Å². The minimum Gasteiger partial charge on any atom is -0.481 e. The van der Waals surface area contributed by atoms with E-state index < -0.39 is 11.4 Å². The summed E-state index contributed by atoms with van der Waals surface area (Å²) in [5, 5.41) is 13.4. The number of thiazole rings is 1. The maximum Gasteiger partial charge on any atom is 0.317 e. The van der Waals surface area contributed by atoms with Crippen LogP contribution in [0.1, 0.15) is 41.5 Å². The van der Waals surface area contributed by atoms with Gasteiger partial charge in [-0.3, -0.25) is 4.79 Å². The number of carboxylic acid groups (broad SMARTS) is 1. The Morgan fingerprint density at radius 1 is 1.39 bits per heavy atom. The van der Waals surface area contributed by atoms with Crippen molar-refractivity contribution in [2.45, 2.75) is 44.6 Å². The van der Waals surface area contributed by atoms with Gasteiger partial charge >= 0.3 is 12.0 Å². The first-order valence-corrected chi connectivity index (χ1v) is 9.02. The van der Waals surface area contributed by atoms with Crippen LogP contribution in [-0.4, -0.2) is 46.1 Å². The number of amides is 2. The van der Waals surface area contributed by atoms with Gasteiger partial charge in [0.1, 0.15) is 0 Å². The van der Waals surface area contributed by atoms with Crippen molar-refractivity contribution in [1.29, 1.82) is 0 Å². The number of nitrogens with one attached hydrogen (secondary N) is 1. The van der Waals surface area contributed by atoms with Gasteiger partial charge in [-0.05, 0) is 38.5 Å². The molecule has 2 aliphatic carbocycles. The Morgan fingerprint density at radius 2 is 2.13 bits per heavy atom. The molecule has 1 aromatic heterocycles. The molecule has 2 amide bonds. The number of aliphatic carboxylic acids is 1. The Labute approximate surface area is 138 Å². The van der Waals surface area contributed by atoms with E-state index in [-0.39, 0.29) is 18.0 Å². The number of fused-ring (bicyclic) bond motifs is 1. The van der Waals surface area contributed by atoms with E-state index in [4.69, 9.17) is 5.11 Å². The third-order valence-electron chi connectivity index (χ3n) is 5.71. The third kappa shape index (κ3) is 2.41. The highest BCUT2D eigenvalue weighted by Crippen LogP contribution is 2.67. The van der Waals surface area contributed by atoms with E-state index in [2.05, 4.69) is 17.2 Å². The predicted octanol–water partition coefficient (Wildman–Crippen LogP) is 2.20. The van der Waals surface area contributed by atoms with E-state index in [1.165, 1.54) is 9.88 Å². The van der Waals surface area contributed by atoms with Gasteiger partial charge in [-0.25, -0.2) is 9.78 Å². The van der Waals surface area contributed by atoms with Crippen LogP contribution < -0.4 is 5.32 Å².